The molecular weight excluding hydrogens is 368 g/mol. The van der Waals surface area contributed by atoms with Crippen LogP contribution in [-0.2, 0) is 0 Å². The lowest BCUT2D eigenvalue weighted by Gasteiger charge is -2.04. The van der Waals surface area contributed by atoms with Crippen LogP contribution in [0.1, 0.15) is 22.3 Å². The second kappa shape index (κ2) is 8.09. The highest BCUT2D eigenvalue weighted by molar-refractivity contribution is 6.14. The Labute approximate surface area is 166 Å². The number of hydrazone groups is 2. The average Bonchev–Trinajstić information content (AvgIpc) is 3.11. The van der Waals surface area contributed by atoms with Gasteiger partial charge in [-0.15, -0.1) is 0 Å². The van der Waals surface area contributed by atoms with Gasteiger partial charge in [-0.25, -0.2) is 0 Å². The third-order valence-corrected chi connectivity index (χ3v) is 4.24. The molecule has 10 N–H and O–H groups in total. The quantitative estimate of drug-likeness (QED) is 0.162. The van der Waals surface area contributed by atoms with Gasteiger partial charge in [0.2, 0.25) is 0 Å². The standard InChI is InChI=1S/C20H20N8O/c21-19(22)15-16(20(23)24)18(14-7-3-12(4-8-14)10-28-26)29-17(15)13-5-1-11(2-6-13)9-27-25/h1-10H,25-26H2,(H3,21,22)(H3,23,24). The highest BCUT2D eigenvalue weighted by Gasteiger charge is 2.26. The third kappa shape index (κ3) is 3.83. The van der Waals surface area contributed by atoms with Crippen molar-refractivity contribution in [2.75, 3.05) is 0 Å². The SMILES string of the molecule is N=C(N)c1c(-c2ccc(C=NN)cc2)oc(-c2ccc(C=NN)cc2)c1C(=N)N. The molecule has 0 unspecified atom stereocenters. The molecule has 1 heterocycles. The monoisotopic (exact) mass is 388 g/mol. The van der Waals surface area contributed by atoms with Crippen LogP contribution < -0.4 is 23.2 Å². The van der Waals surface area contributed by atoms with Crippen LogP contribution in [0.2, 0.25) is 0 Å². The molecule has 0 bridgehead atoms. The largest absolute Gasteiger partial charge is 0.455 e. The zero-order valence-corrected chi connectivity index (χ0v) is 15.4. The van der Waals surface area contributed by atoms with Gasteiger partial charge in [0.25, 0.3) is 0 Å². The van der Waals surface area contributed by atoms with Crippen LogP contribution in [0, 0.1) is 10.8 Å². The minimum Gasteiger partial charge on any atom is -0.455 e. The van der Waals surface area contributed by atoms with Crippen LogP contribution in [0.5, 0.6) is 0 Å². The van der Waals surface area contributed by atoms with Crippen LogP contribution in [0.15, 0.2) is 63.2 Å². The number of hydrogen-bond acceptors (Lipinski definition) is 7. The number of nitrogens with two attached hydrogens (primary N) is 4. The van der Waals surface area contributed by atoms with E-state index in [1.807, 2.05) is 0 Å². The molecular formula is C20H20N8O. The Morgan fingerprint density at radius 2 is 1.03 bits per heavy atom. The van der Waals surface area contributed by atoms with Crippen LogP contribution in [0.3, 0.4) is 0 Å². The maximum Gasteiger partial charge on any atom is 0.146 e. The van der Waals surface area contributed by atoms with Crippen molar-refractivity contribution in [3.63, 3.8) is 0 Å². The number of hydrogen-bond donors (Lipinski definition) is 6. The zero-order valence-electron chi connectivity index (χ0n) is 15.4. The Morgan fingerprint density at radius 1 is 0.690 bits per heavy atom. The fourth-order valence-electron chi connectivity index (χ4n) is 2.96. The molecule has 2 aromatic carbocycles. The van der Waals surface area contributed by atoms with Gasteiger partial charge in [-0.1, -0.05) is 48.5 Å². The van der Waals surface area contributed by atoms with Gasteiger partial charge in [0.05, 0.1) is 23.6 Å². The summed E-state index contributed by atoms with van der Waals surface area (Å²) in [7, 11) is 0. The van der Waals surface area contributed by atoms with Crippen LogP contribution in [0.4, 0.5) is 0 Å². The van der Waals surface area contributed by atoms with Gasteiger partial charge in [-0.2, -0.15) is 10.2 Å². The smallest absolute Gasteiger partial charge is 0.146 e. The van der Waals surface area contributed by atoms with E-state index in [0.29, 0.717) is 22.6 Å². The van der Waals surface area contributed by atoms with E-state index >= 15 is 0 Å². The second-order valence-corrected chi connectivity index (χ2v) is 6.14. The number of nitrogen functional groups attached to an aromatic ring is 2. The molecule has 0 aliphatic rings. The van der Waals surface area contributed by atoms with E-state index in [9.17, 15) is 0 Å². The summed E-state index contributed by atoms with van der Waals surface area (Å²) in [5.74, 6) is 10.6. The summed E-state index contributed by atoms with van der Waals surface area (Å²) >= 11 is 0. The molecule has 3 aromatic rings. The van der Waals surface area contributed by atoms with Gasteiger partial charge in [-0.3, -0.25) is 10.8 Å². The number of nitrogens with zero attached hydrogens (tertiary/aromatic N) is 2. The molecule has 0 aliphatic heterocycles. The van der Waals surface area contributed by atoms with E-state index in [2.05, 4.69) is 10.2 Å². The average molecular weight is 388 g/mol. The van der Waals surface area contributed by atoms with Crippen molar-refractivity contribution in [3.8, 4) is 22.6 Å². The Bertz CT molecular complexity index is 1020. The Balaban J connectivity index is 2.20. The molecule has 0 radical (unpaired) electrons. The van der Waals surface area contributed by atoms with Gasteiger partial charge in [0.15, 0.2) is 0 Å². The van der Waals surface area contributed by atoms with Gasteiger partial charge < -0.3 is 27.6 Å². The highest BCUT2D eigenvalue weighted by atomic mass is 16.3. The van der Waals surface area contributed by atoms with Crippen LogP contribution in [-0.4, -0.2) is 24.1 Å². The molecule has 9 heteroatoms. The first-order chi connectivity index (χ1) is 14.0. The van der Waals surface area contributed by atoms with Crippen molar-refractivity contribution in [2.45, 2.75) is 0 Å². The first-order valence-corrected chi connectivity index (χ1v) is 8.49. The first kappa shape index (κ1) is 19.4. The maximum atomic E-state index is 8.03. The molecule has 0 saturated carbocycles. The van der Waals surface area contributed by atoms with Crippen molar-refractivity contribution in [1.82, 2.24) is 0 Å². The molecule has 0 aliphatic carbocycles. The molecule has 0 amide bonds. The fourth-order valence-corrected chi connectivity index (χ4v) is 2.96. The van der Waals surface area contributed by atoms with Crippen molar-refractivity contribution in [3.05, 3.63) is 70.8 Å². The normalized spacial score (nSPS) is 11.3. The number of furan rings is 1. The summed E-state index contributed by atoms with van der Waals surface area (Å²) in [6.45, 7) is 0. The van der Waals surface area contributed by atoms with Crippen molar-refractivity contribution in [1.29, 1.82) is 10.8 Å². The highest BCUT2D eigenvalue weighted by Crippen LogP contribution is 2.37. The van der Waals surface area contributed by atoms with Gasteiger partial charge in [0, 0.05) is 11.1 Å². The van der Waals surface area contributed by atoms with E-state index in [0.717, 1.165) is 11.1 Å². The van der Waals surface area contributed by atoms with Crippen molar-refractivity contribution in [2.24, 2.45) is 33.4 Å². The third-order valence-electron chi connectivity index (χ3n) is 4.24. The first-order valence-electron chi connectivity index (χ1n) is 8.49. The fraction of sp³-hybridized carbons (Fsp3) is 0. The predicted octanol–water partition coefficient (Wildman–Crippen LogP) is 1.77. The molecule has 0 fully saturated rings. The minimum atomic E-state index is -0.250. The summed E-state index contributed by atoms with van der Waals surface area (Å²) in [5, 5.41) is 23.0. The number of amidine groups is 2. The van der Waals surface area contributed by atoms with Crippen LogP contribution >= 0.6 is 0 Å². The Kier molecular flexibility index (Phi) is 5.40. The number of benzene rings is 2. The van der Waals surface area contributed by atoms with Crippen LogP contribution in [0.25, 0.3) is 22.6 Å². The summed E-state index contributed by atoms with van der Waals surface area (Å²) in [6.07, 6.45) is 3.02. The van der Waals surface area contributed by atoms with Crippen molar-refractivity contribution >= 4 is 24.1 Å². The zero-order chi connectivity index (χ0) is 21.0. The second-order valence-electron chi connectivity index (χ2n) is 6.14. The van der Waals surface area contributed by atoms with Gasteiger partial charge in [0.1, 0.15) is 23.2 Å². The summed E-state index contributed by atoms with van der Waals surface area (Å²) < 4.78 is 6.08. The summed E-state index contributed by atoms with van der Waals surface area (Å²) in [5.41, 5.74) is 15.1. The molecule has 29 heavy (non-hydrogen) atoms. The molecule has 1 aromatic heterocycles. The van der Waals surface area contributed by atoms with E-state index < -0.39 is 0 Å². The molecule has 0 atom stereocenters. The maximum absolute atomic E-state index is 8.03. The van der Waals surface area contributed by atoms with Gasteiger partial charge >= 0.3 is 0 Å². The predicted molar refractivity (Wildman–Crippen MR) is 115 cm³/mol. The lowest BCUT2D eigenvalue weighted by Crippen LogP contribution is -2.20. The molecule has 0 spiro atoms. The number of rotatable bonds is 6. The van der Waals surface area contributed by atoms with E-state index in [1.165, 1.54) is 12.4 Å². The molecule has 3 rings (SSSR count). The topological polar surface area (TPSA) is 190 Å². The molecule has 0 saturated heterocycles. The lowest BCUT2D eigenvalue weighted by molar-refractivity contribution is 0.596. The van der Waals surface area contributed by atoms with E-state index in [4.69, 9.17) is 38.4 Å². The Morgan fingerprint density at radius 3 is 1.31 bits per heavy atom. The lowest BCUT2D eigenvalue weighted by atomic mass is 9.99. The van der Waals surface area contributed by atoms with Crippen molar-refractivity contribution < 1.29 is 4.42 Å². The summed E-state index contributed by atoms with van der Waals surface area (Å²) in [4.78, 5) is 0. The number of nitrogens with one attached hydrogen (secondary N) is 2. The minimum absolute atomic E-state index is 0.250. The Hall–Kier alpha value is -4.40. The molecule has 9 nitrogen and oxygen atoms in total. The van der Waals surface area contributed by atoms with E-state index in [1.54, 1.807) is 48.5 Å². The van der Waals surface area contributed by atoms with E-state index in [-0.39, 0.29) is 22.8 Å². The van der Waals surface area contributed by atoms with Gasteiger partial charge in [-0.05, 0) is 11.1 Å². The summed E-state index contributed by atoms with van der Waals surface area (Å²) in [6, 6.07) is 14.3. The molecule has 146 valence electrons.